The highest BCUT2D eigenvalue weighted by molar-refractivity contribution is 7.90. The van der Waals surface area contributed by atoms with Crippen molar-refractivity contribution in [2.24, 2.45) is 0 Å². The molecule has 0 spiro atoms. The number of hydrogen-bond donors (Lipinski definition) is 1. The third kappa shape index (κ3) is 5.55. The second-order valence-electron chi connectivity index (χ2n) is 5.88. The van der Waals surface area contributed by atoms with Crippen LogP contribution in [0.1, 0.15) is 19.4 Å². The summed E-state index contributed by atoms with van der Waals surface area (Å²) >= 11 is 0. The van der Waals surface area contributed by atoms with Gasteiger partial charge >= 0.3 is 0 Å². The Hall–Kier alpha value is -1.90. The zero-order valence-electron chi connectivity index (χ0n) is 14.3. The summed E-state index contributed by atoms with van der Waals surface area (Å²) in [6.45, 7) is 3.98. The number of nitrogens with one attached hydrogen (secondary N) is 1. The van der Waals surface area contributed by atoms with Gasteiger partial charge in [-0.1, -0.05) is 12.1 Å². The van der Waals surface area contributed by atoms with Crippen LogP contribution < -0.4 is 9.46 Å². The number of sulfonamides is 1. The number of hydrogen-bond acceptors (Lipinski definition) is 5. The summed E-state index contributed by atoms with van der Waals surface area (Å²) in [7, 11) is -7.09. The molecule has 0 radical (unpaired) electrons. The van der Waals surface area contributed by atoms with E-state index in [4.69, 9.17) is 4.74 Å². The van der Waals surface area contributed by atoms with Crippen LogP contribution in [0.15, 0.2) is 58.3 Å². The fourth-order valence-corrected chi connectivity index (χ4v) is 3.73. The van der Waals surface area contributed by atoms with Gasteiger partial charge in [-0.25, -0.2) is 21.6 Å². The molecule has 0 fully saturated rings. The maximum absolute atomic E-state index is 12.3. The fraction of sp³-hybridized carbons (Fsp3) is 0.294. The zero-order valence-corrected chi connectivity index (χ0v) is 15.9. The van der Waals surface area contributed by atoms with Crippen molar-refractivity contribution in [1.29, 1.82) is 0 Å². The minimum atomic E-state index is -3.73. The van der Waals surface area contributed by atoms with Crippen molar-refractivity contribution in [3.8, 4) is 5.75 Å². The Labute approximate surface area is 148 Å². The summed E-state index contributed by atoms with van der Waals surface area (Å²) in [5, 5.41) is 0. The van der Waals surface area contributed by atoms with E-state index < -0.39 is 19.9 Å². The van der Waals surface area contributed by atoms with Crippen LogP contribution in [-0.2, 0) is 26.4 Å². The van der Waals surface area contributed by atoms with Crippen molar-refractivity contribution >= 4 is 19.9 Å². The minimum absolute atomic E-state index is 0.0136. The van der Waals surface area contributed by atoms with E-state index in [1.807, 2.05) is 13.8 Å². The van der Waals surface area contributed by atoms with E-state index in [0.29, 0.717) is 0 Å². The SMILES string of the molecule is CC(C)Oc1ccc(CNS(=O)(=O)c2ccc(S(C)(=O)=O)cc2)cc1. The lowest BCUT2D eigenvalue weighted by atomic mass is 10.2. The van der Waals surface area contributed by atoms with Crippen LogP contribution >= 0.6 is 0 Å². The Morgan fingerprint density at radius 3 is 1.88 bits per heavy atom. The van der Waals surface area contributed by atoms with E-state index in [9.17, 15) is 16.8 Å². The molecule has 8 heteroatoms. The second kappa shape index (κ2) is 7.55. The summed E-state index contributed by atoms with van der Waals surface area (Å²) < 4.78 is 55.5. The highest BCUT2D eigenvalue weighted by atomic mass is 32.2. The van der Waals surface area contributed by atoms with Crippen LogP contribution in [0, 0.1) is 0 Å². The van der Waals surface area contributed by atoms with Gasteiger partial charge in [0, 0.05) is 12.8 Å². The van der Waals surface area contributed by atoms with Gasteiger partial charge in [0.2, 0.25) is 10.0 Å². The molecule has 0 bridgehead atoms. The lowest BCUT2D eigenvalue weighted by molar-refractivity contribution is 0.242. The first-order chi connectivity index (χ1) is 11.6. The smallest absolute Gasteiger partial charge is 0.240 e. The van der Waals surface area contributed by atoms with Gasteiger partial charge in [0.25, 0.3) is 0 Å². The quantitative estimate of drug-likeness (QED) is 0.793. The van der Waals surface area contributed by atoms with E-state index >= 15 is 0 Å². The molecule has 1 N–H and O–H groups in total. The molecule has 0 saturated heterocycles. The second-order valence-corrected chi connectivity index (χ2v) is 9.66. The Bertz CT molecular complexity index is 916. The molecule has 2 aromatic rings. The predicted octanol–water partition coefficient (Wildman–Crippen LogP) is 2.36. The average Bonchev–Trinajstić information content (AvgIpc) is 2.53. The molecule has 0 aliphatic rings. The molecule has 25 heavy (non-hydrogen) atoms. The van der Waals surface area contributed by atoms with E-state index in [-0.39, 0.29) is 22.4 Å². The summed E-state index contributed by atoms with van der Waals surface area (Å²) in [5.41, 5.74) is 0.785. The van der Waals surface area contributed by atoms with E-state index in [2.05, 4.69) is 4.72 Å². The molecule has 0 aliphatic heterocycles. The Balaban J connectivity index is 2.06. The van der Waals surface area contributed by atoms with E-state index in [0.717, 1.165) is 17.6 Å². The number of benzene rings is 2. The molecule has 6 nitrogen and oxygen atoms in total. The first kappa shape index (κ1) is 19.4. The van der Waals surface area contributed by atoms with Crippen LogP contribution in [0.2, 0.25) is 0 Å². The van der Waals surface area contributed by atoms with Crippen LogP contribution in [0.25, 0.3) is 0 Å². The third-order valence-corrected chi connectivity index (χ3v) is 5.87. The normalized spacial score (nSPS) is 12.3. The van der Waals surface area contributed by atoms with Crippen LogP contribution in [0.4, 0.5) is 0 Å². The zero-order chi connectivity index (χ0) is 18.7. The molecule has 2 rings (SSSR count). The number of sulfone groups is 1. The van der Waals surface area contributed by atoms with Gasteiger partial charge in [-0.15, -0.1) is 0 Å². The van der Waals surface area contributed by atoms with Crippen molar-refractivity contribution in [2.45, 2.75) is 36.3 Å². The van der Waals surface area contributed by atoms with E-state index in [1.54, 1.807) is 24.3 Å². The summed E-state index contributed by atoms with van der Waals surface area (Å²) in [6, 6.07) is 12.2. The van der Waals surface area contributed by atoms with Crippen LogP contribution in [0.5, 0.6) is 5.75 Å². The maximum Gasteiger partial charge on any atom is 0.240 e. The maximum atomic E-state index is 12.3. The van der Waals surface area contributed by atoms with E-state index in [1.165, 1.54) is 24.3 Å². The largest absolute Gasteiger partial charge is 0.491 e. The van der Waals surface area contributed by atoms with Gasteiger partial charge in [0.1, 0.15) is 5.75 Å². The lowest BCUT2D eigenvalue weighted by Gasteiger charge is -2.11. The van der Waals surface area contributed by atoms with Crippen LogP contribution in [-0.4, -0.2) is 29.2 Å². The molecular weight excluding hydrogens is 362 g/mol. The standard InChI is InChI=1S/C17H21NO5S2/c1-13(2)23-15-6-4-14(5-7-15)12-18-25(21,22)17-10-8-16(9-11-17)24(3,19)20/h4-11,13,18H,12H2,1-3H3. The number of rotatable bonds is 7. The Morgan fingerprint density at radius 1 is 0.880 bits per heavy atom. The molecule has 0 saturated carbocycles. The molecule has 0 aromatic heterocycles. The average molecular weight is 383 g/mol. The monoisotopic (exact) mass is 383 g/mol. The van der Waals surface area contributed by atoms with Gasteiger partial charge in [-0.3, -0.25) is 0 Å². The van der Waals surface area contributed by atoms with Crippen molar-refractivity contribution in [1.82, 2.24) is 4.72 Å². The molecular formula is C17H21NO5S2. The van der Waals surface area contributed by atoms with Crippen molar-refractivity contribution < 1.29 is 21.6 Å². The highest BCUT2D eigenvalue weighted by Crippen LogP contribution is 2.16. The Kier molecular flexibility index (Phi) is 5.87. The minimum Gasteiger partial charge on any atom is -0.491 e. The molecule has 0 unspecified atom stereocenters. The molecule has 0 aliphatic carbocycles. The summed E-state index contributed by atoms with van der Waals surface area (Å²) in [6.07, 6.45) is 1.14. The predicted molar refractivity (Wildman–Crippen MR) is 95.8 cm³/mol. The highest BCUT2D eigenvalue weighted by Gasteiger charge is 2.15. The molecule has 0 amide bonds. The van der Waals surface area contributed by atoms with Gasteiger partial charge in [0.05, 0.1) is 15.9 Å². The van der Waals surface area contributed by atoms with Gasteiger partial charge < -0.3 is 4.74 Å². The summed E-state index contributed by atoms with van der Waals surface area (Å²) in [5.74, 6) is 0.720. The molecule has 0 heterocycles. The lowest BCUT2D eigenvalue weighted by Crippen LogP contribution is -2.23. The van der Waals surface area contributed by atoms with Crippen molar-refractivity contribution in [2.75, 3.05) is 6.26 Å². The molecule has 136 valence electrons. The van der Waals surface area contributed by atoms with Gasteiger partial charge in [-0.05, 0) is 55.8 Å². The first-order valence-electron chi connectivity index (χ1n) is 7.63. The van der Waals surface area contributed by atoms with Gasteiger partial charge in [0.15, 0.2) is 9.84 Å². The van der Waals surface area contributed by atoms with Crippen molar-refractivity contribution in [3.05, 3.63) is 54.1 Å². The first-order valence-corrected chi connectivity index (χ1v) is 11.0. The summed E-state index contributed by atoms with van der Waals surface area (Å²) in [4.78, 5) is 0.0897. The Morgan fingerprint density at radius 2 is 1.40 bits per heavy atom. The molecule has 2 aromatic carbocycles. The van der Waals surface area contributed by atoms with Gasteiger partial charge in [-0.2, -0.15) is 0 Å². The van der Waals surface area contributed by atoms with Crippen LogP contribution in [0.3, 0.4) is 0 Å². The molecule has 0 atom stereocenters. The number of ether oxygens (including phenoxy) is 1. The fourth-order valence-electron chi connectivity index (χ4n) is 2.09. The third-order valence-electron chi connectivity index (χ3n) is 3.32. The van der Waals surface area contributed by atoms with Crippen molar-refractivity contribution in [3.63, 3.8) is 0 Å². The topological polar surface area (TPSA) is 89.5 Å².